The summed E-state index contributed by atoms with van der Waals surface area (Å²) in [5, 5.41) is 2.71. The molecule has 0 aromatic heterocycles. The van der Waals surface area contributed by atoms with Crippen LogP contribution in [0.1, 0.15) is 36.2 Å². The highest BCUT2D eigenvalue weighted by molar-refractivity contribution is 7.90. The van der Waals surface area contributed by atoms with E-state index in [2.05, 4.69) is 5.32 Å². The first-order valence-electron chi connectivity index (χ1n) is 10.5. The van der Waals surface area contributed by atoms with Gasteiger partial charge in [-0.25, -0.2) is 12.7 Å². The first-order chi connectivity index (χ1) is 15.3. The van der Waals surface area contributed by atoms with Gasteiger partial charge in [-0.05, 0) is 38.0 Å². The Morgan fingerprint density at radius 1 is 1.06 bits per heavy atom. The SMILES string of the molecule is CCNC(=O)C(C)N(CCc1ccccc1)C(=O)CCN1C(=O)c2ccccc2S1(=O)=O. The lowest BCUT2D eigenvalue weighted by atomic mass is 10.1. The minimum atomic E-state index is -3.98. The molecule has 170 valence electrons. The van der Waals surface area contributed by atoms with E-state index in [1.165, 1.54) is 17.0 Å². The number of sulfonamides is 1. The normalized spacial score (nSPS) is 15.2. The number of fused-ring (bicyclic) bond motifs is 1. The second-order valence-electron chi connectivity index (χ2n) is 7.52. The molecule has 8 nitrogen and oxygen atoms in total. The van der Waals surface area contributed by atoms with E-state index in [0.717, 1.165) is 9.87 Å². The van der Waals surface area contributed by atoms with Gasteiger partial charge in [0.15, 0.2) is 0 Å². The zero-order valence-corrected chi connectivity index (χ0v) is 19.0. The molecule has 1 heterocycles. The molecule has 9 heteroatoms. The maximum atomic E-state index is 13.1. The van der Waals surface area contributed by atoms with Crippen LogP contribution >= 0.6 is 0 Å². The summed E-state index contributed by atoms with van der Waals surface area (Å²) in [6.07, 6.45) is 0.334. The van der Waals surface area contributed by atoms with Crippen LogP contribution in [0, 0.1) is 0 Å². The third-order valence-electron chi connectivity index (χ3n) is 5.44. The molecule has 1 atom stereocenters. The van der Waals surface area contributed by atoms with Crippen molar-refractivity contribution < 1.29 is 22.8 Å². The number of hydrogen-bond acceptors (Lipinski definition) is 5. The molecule has 3 amide bonds. The summed E-state index contributed by atoms with van der Waals surface area (Å²) >= 11 is 0. The van der Waals surface area contributed by atoms with Crippen LogP contribution in [0.5, 0.6) is 0 Å². The van der Waals surface area contributed by atoms with Crippen LogP contribution in [0.3, 0.4) is 0 Å². The van der Waals surface area contributed by atoms with Crippen LogP contribution in [0.25, 0.3) is 0 Å². The van der Waals surface area contributed by atoms with Crippen LogP contribution in [-0.4, -0.2) is 61.0 Å². The second kappa shape index (κ2) is 9.95. The van der Waals surface area contributed by atoms with E-state index in [-0.39, 0.29) is 29.3 Å². The second-order valence-corrected chi connectivity index (χ2v) is 9.35. The minimum Gasteiger partial charge on any atom is -0.355 e. The van der Waals surface area contributed by atoms with Gasteiger partial charge in [-0.2, -0.15) is 0 Å². The lowest BCUT2D eigenvalue weighted by molar-refractivity contribution is -0.139. The molecule has 1 aliphatic heterocycles. The van der Waals surface area contributed by atoms with E-state index in [9.17, 15) is 22.8 Å². The molecule has 1 N–H and O–H groups in total. The van der Waals surface area contributed by atoms with Crippen molar-refractivity contribution in [2.45, 2.75) is 37.6 Å². The summed E-state index contributed by atoms with van der Waals surface area (Å²) in [4.78, 5) is 39.5. The number of amides is 3. The van der Waals surface area contributed by atoms with Crippen molar-refractivity contribution in [1.82, 2.24) is 14.5 Å². The van der Waals surface area contributed by atoms with Crippen LogP contribution in [0.15, 0.2) is 59.5 Å². The molecule has 0 saturated carbocycles. The average Bonchev–Trinajstić information content (AvgIpc) is 2.98. The molecule has 0 radical (unpaired) electrons. The Morgan fingerprint density at radius 3 is 2.38 bits per heavy atom. The number of likely N-dealkylation sites (N-methyl/N-ethyl adjacent to an activating group) is 1. The topological polar surface area (TPSA) is 104 Å². The van der Waals surface area contributed by atoms with Crippen LogP contribution in [0.4, 0.5) is 0 Å². The highest BCUT2D eigenvalue weighted by Gasteiger charge is 2.41. The third kappa shape index (κ3) is 4.83. The summed E-state index contributed by atoms with van der Waals surface area (Å²) in [6, 6.07) is 14.8. The number of nitrogens with one attached hydrogen (secondary N) is 1. The molecule has 3 rings (SSSR count). The fraction of sp³-hybridized carbons (Fsp3) is 0.348. The maximum absolute atomic E-state index is 13.1. The van der Waals surface area contributed by atoms with Crippen LogP contribution < -0.4 is 5.32 Å². The van der Waals surface area contributed by atoms with Crippen molar-refractivity contribution in [3.8, 4) is 0 Å². The molecule has 0 bridgehead atoms. The number of nitrogens with zero attached hydrogens (tertiary/aromatic N) is 2. The van der Waals surface area contributed by atoms with Gasteiger partial charge in [0.2, 0.25) is 11.8 Å². The lowest BCUT2D eigenvalue weighted by Crippen LogP contribution is -2.49. The van der Waals surface area contributed by atoms with Gasteiger partial charge in [-0.3, -0.25) is 14.4 Å². The van der Waals surface area contributed by atoms with E-state index in [4.69, 9.17) is 0 Å². The van der Waals surface area contributed by atoms with Crippen molar-refractivity contribution in [3.05, 3.63) is 65.7 Å². The van der Waals surface area contributed by atoms with Gasteiger partial charge >= 0.3 is 0 Å². The quantitative estimate of drug-likeness (QED) is 0.619. The van der Waals surface area contributed by atoms with E-state index >= 15 is 0 Å². The van der Waals surface area contributed by atoms with Gasteiger partial charge < -0.3 is 10.2 Å². The summed E-state index contributed by atoms with van der Waals surface area (Å²) in [7, 11) is -3.98. The highest BCUT2D eigenvalue weighted by Crippen LogP contribution is 2.30. The summed E-state index contributed by atoms with van der Waals surface area (Å²) in [5.74, 6) is -1.31. The molecular weight excluding hydrogens is 430 g/mol. The lowest BCUT2D eigenvalue weighted by Gasteiger charge is -2.29. The zero-order chi connectivity index (χ0) is 23.3. The molecule has 0 fully saturated rings. The van der Waals surface area contributed by atoms with Gasteiger partial charge in [0.05, 0.1) is 5.56 Å². The summed E-state index contributed by atoms with van der Waals surface area (Å²) in [6.45, 7) is 3.88. The largest absolute Gasteiger partial charge is 0.355 e. The van der Waals surface area contributed by atoms with Gasteiger partial charge in [-0.1, -0.05) is 42.5 Å². The average molecular weight is 458 g/mol. The van der Waals surface area contributed by atoms with Crippen molar-refractivity contribution in [2.24, 2.45) is 0 Å². The molecule has 0 saturated heterocycles. The number of benzene rings is 2. The van der Waals surface area contributed by atoms with Crippen molar-refractivity contribution in [2.75, 3.05) is 19.6 Å². The molecule has 1 aliphatic rings. The molecule has 32 heavy (non-hydrogen) atoms. The molecule has 2 aromatic rings. The summed E-state index contributed by atoms with van der Waals surface area (Å²) in [5.41, 5.74) is 1.12. The predicted octanol–water partition coefficient (Wildman–Crippen LogP) is 1.82. The Labute approximate surface area is 188 Å². The summed E-state index contributed by atoms with van der Waals surface area (Å²) < 4.78 is 26.2. The third-order valence-corrected chi connectivity index (χ3v) is 7.28. The Balaban J connectivity index is 1.73. The maximum Gasteiger partial charge on any atom is 0.269 e. The molecule has 1 unspecified atom stereocenters. The van der Waals surface area contributed by atoms with E-state index in [1.807, 2.05) is 30.3 Å². The monoisotopic (exact) mass is 457 g/mol. The molecule has 0 spiro atoms. The standard InChI is InChI=1S/C23H27N3O5S/c1-3-24-22(28)17(2)25(15-13-18-9-5-4-6-10-18)21(27)14-16-26-23(29)19-11-7-8-12-20(19)32(26,30)31/h4-12,17H,3,13-16H2,1-2H3,(H,24,28). The fourth-order valence-electron chi connectivity index (χ4n) is 3.69. The Bertz CT molecular complexity index is 1100. The number of carbonyl (C=O) groups excluding carboxylic acids is 3. The van der Waals surface area contributed by atoms with Crippen LogP contribution in [0.2, 0.25) is 0 Å². The van der Waals surface area contributed by atoms with Crippen LogP contribution in [-0.2, 0) is 26.0 Å². The van der Waals surface area contributed by atoms with Crippen molar-refractivity contribution in [1.29, 1.82) is 0 Å². The van der Waals surface area contributed by atoms with Gasteiger partial charge in [-0.15, -0.1) is 0 Å². The van der Waals surface area contributed by atoms with Gasteiger partial charge in [0.1, 0.15) is 10.9 Å². The minimum absolute atomic E-state index is 0.0472. The Kier molecular flexibility index (Phi) is 7.29. The van der Waals surface area contributed by atoms with E-state index in [0.29, 0.717) is 19.5 Å². The van der Waals surface area contributed by atoms with E-state index < -0.39 is 27.9 Å². The Morgan fingerprint density at radius 2 is 1.72 bits per heavy atom. The Hall–Kier alpha value is -3.20. The number of rotatable bonds is 9. The van der Waals surface area contributed by atoms with E-state index in [1.54, 1.807) is 26.0 Å². The van der Waals surface area contributed by atoms with Crippen molar-refractivity contribution >= 4 is 27.7 Å². The highest BCUT2D eigenvalue weighted by atomic mass is 32.2. The van der Waals surface area contributed by atoms with Gasteiger partial charge in [0, 0.05) is 26.1 Å². The number of carbonyl (C=O) groups is 3. The first kappa shape index (κ1) is 23.5. The molecule has 2 aromatic carbocycles. The smallest absolute Gasteiger partial charge is 0.269 e. The predicted molar refractivity (Wildman–Crippen MR) is 119 cm³/mol. The molecular formula is C23H27N3O5S. The zero-order valence-electron chi connectivity index (χ0n) is 18.2. The first-order valence-corrected chi connectivity index (χ1v) is 12.0. The number of hydrogen-bond donors (Lipinski definition) is 1. The molecule has 0 aliphatic carbocycles. The fourth-order valence-corrected chi connectivity index (χ4v) is 5.25. The van der Waals surface area contributed by atoms with Crippen molar-refractivity contribution in [3.63, 3.8) is 0 Å². The van der Waals surface area contributed by atoms with Gasteiger partial charge in [0.25, 0.3) is 15.9 Å².